The van der Waals surface area contributed by atoms with Crippen molar-refractivity contribution in [3.63, 3.8) is 0 Å². The molecule has 0 unspecified atom stereocenters. The summed E-state index contributed by atoms with van der Waals surface area (Å²) in [6, 6.07) is 0. The second-order valence-corrected chi connectivity index (χ2v) is 3.27. The minimum Gasteiger partial charge on any atom is -0.355 e. The van der Waals surface area contributed by atoms with Crippen LogP contribution in [-0.2, 0) is 9.59 Å². The molecule has 0 aromatic rings. The van der Waals surface area contributed by atoms with Crippen molar-refractivity contribution in [2.45, 2.75) is 33.6 Å². The first-order valence-corrected chi connectivity index (χ1v) is 5.73. The Labute approximate surface area is 92.0 Å². The van der Waals surface area contributed by atoms with Crippen LogP contribution in [0.1, 0.15) is 33.6 Å². The lowest BCUT2D eigenvalue weighted by molar-refractivity contribution is -0.126. The molecule has 0 aromatic heterocycles. The van der Waals surface area contributed by atoms with E-state index in [2.05, 4.69) is 5.32 Å². The molecule has 0 aromatic carbocycles. The molecule has 0 atom stereocenters. The van der Waals surface area contributed by atoms with Gasteiger partial charge in [0.05, 0.1) is 6.54 Å². The molecular formula is C11H22N2O2. The average Bonchev–Trinajstić information content (AvgIpc) is 2.25. The van der Waals surface area contributed by atoms with Crippen molar-refractivity contribution in [3.8, 4) is 0 Å². The number of amides is 1. The Morgan fingerprint density at radius 3 is 2.33 bits per heavy atom. The predicted octanol–water partition coefficient (Wildman–Crippen LogP) is 0.814. The molecule has 0 bridgehead atoms. The Hall–Kier alpha value is -0.900. The van der Waals surface area contributed by atoms with E-state index in [0.717, 1.165) is 13.1 Å². The van der Waals surface area contributed by atoms with Crippen LogP contribution in [-0.4, -0.2) is 42.8 Å². The lowest BCUT2D eigenvalue weighted by Gasteiger charge is -2.24. The number of nitrogens with zero attached hydrogens (tertiary/aromatic N) is 1. The maximum atomic E-state index is 11.2. The number of Topliss-reactive ketones (excluding diaryl/α,β-unsaturated/α-hetero) is 1. The molecule has 1 heterocycles. The van der Waals surface area contributed by atoms with Crippen LogP contribution in [0.3, 0.4) is 0 Å². The van der Waals surface area contributed by atoms with E-state index in [1.807, 2.05) is 25.7 Å². The molecule has 0 saturated carbocycles. The van der Waals surface area contributed by atoms with Crippen molar-refractivity contribution in [2.75, 3.05) is 26.2 Å². The number of hydrogen-bond acceptors (Lipinski definition) is 3. The van der Waals surface area contributed by atoms with Crippen molar-refractivity contribution < 1.29 is 9.59 Å². The molecule has 88 valence electrons. The highest BCUT2D eigenvalue weighted by Gasteiger charge is 2.17. The predicted molar refractivity (Wildman–Crippen MR) is 60.7 cm³/mol. The lowest BCUT2D eigenvalue weighted by Crippen LogP contribution is -2.41. The van der Waals surface area contributed by atoms with Crippen LogP contribution >= 0.6 is 0 Å². The number of likely N-dealkylation sites (tertiary alicyclic amines) is 1. The highest BCUT2D eigenvalue weighted by molar-refractivity contribution is 5.81. The summed E-state index contributed by atoms with van der Waals surface area (Å²) in [5.41, 5.74) is 0. The number of piperidine rings is 1. The van der Waals surface area contributed by atoms with Crippen LogP contribution in [0.15, 0.2) is 0 Å². The fraction of sp³-hybridized carbons (Fsp3) is 0.818. The van der Waals surface area contributed by atoms with Crippen molar-refractivity contribution >= 4 is 11.7 Å². The van der Waals surface area contributed by atoms with E-state index in [4.69, 9.17) is 0 Å². The summed E-state index contributed by atoms with van der Waals surface area (Å²) in [5.74, 6) is 0.365. The highest BCUT2D eigenvalue weighted by Crippen LogP contribution is 2.04. The molecule has 1 aliphatic heterocycles. The molecule has 4 heteroatoms. The normalized spacial score (nSPS) is 16.6. The number of carbonyl (C=O) groups excluding carboxylic acids is 2. The summed E-state index contributed by atoms with van der Waals surface area (Å²) in [7, 11) is 0. The monoisotopic (exact) mass is 214 g/mol. The zero-order chi connectivity index (χ0) is 11.7. The Morgan fingerprint density at radius 1 is 1.33 bits per heavy atom. The van der Waals surface area contributed by atoms with Gasteiger partial charge in [0.1, 0.15) is 5.78 Å². The second kappa shape index (κ2) is 8.41. The highest BCUT2D eigenvalue weighted by atomic mass is 16.2. The van der Waals surface area contributed by atoms with E-state index < -0.39 is 0 Å². The lowest BCUT2D eigenvalue weighted by atomic mass is 10.1. The van der Waals surface area contributed by atoms with Crippen LogP contribution < -0.4 is 5.32 Å². The van der Waals surface area contributed by atoms with Crippen LogP contribution in [0.4, 0.5) is 0 Å². The van der Waals surface area contributed by atoms with Gasteiger partial charge < -0.3 is 5.32 Å². The number of rotatable bonds is 3. The summed E-state index contributed by atoms with van der Waals surface area (Å²) in [5, 5.41) is 2.74. The minimum absolute atomic E-state index is 0.0526. The molecule has 1 amide bonds. The van der Waals surface area contributed by atoms with E-state index >= 15 is 0 Å². The summed E-state index contributed by atoms with van der Waals surface area (Å²) < 4.78 is 0. The van der Waals surface area contributed by atoms with E-state index in [1.165, 1.54) is 0 Å². The van der Waals surface area contributed by atoms with Crippen LogP contribution in [0.2, 0.25) is 0 Å². The van der Waals surface area contributed by atoms with Crippen molar-refractivity contribution in [1.82, 2.24) is 10.2 Å². The zero-order valence-corrected chi connectivity index (χ0v) is 10.0. The summed E-state index contributed by atoms with van der Waals surface area (Å²) in [4.78, 5) is 24.1. The fourth-order valence-corrected chi connectivity index (χ4v) is 1.42. The van der Waals surface area contributed by atoms with E-state index in [1.54, 1.807) is 0 Å². The third-order valence-electron chi connectivity index (χ3n) is 2.15. The van der Waals surface area contributed by atoms with Crippen LogP contribution in [0, 0.1) is 0 Å². The summed E-state index contributed by atoms with van der Waals surface area (Å²) in [6.45, 7) is 8.47. The van der Waals surface area contributed by atoms with Crippen molar-refractivity contribution in [2.24, 2.45) is 0 Å². The fourth-order valence-electron chi connectivity index (χ4n) is 1.42. The van der Waals surface area contributed by atoms with Gasteiger partial charge >= 0.3 is 0 Å². The van der Waals surface area contributed by atoms with Crippen molar-refractivity contribution in [3.05, 3.63) is 0 Å². The molecule has 4 nitrogen and oxygen atoms in total. The van der Waals surface area contributed by atoms with Gasteiger partial charge in [0.15, 0.2) is 0 Å². The molecule has 1 fully saturated rings. The number of nitrogens with one attached hydrogen (secondary N) is 1. The minimum atomic E-state index is 0.0526. The summed E-state index contributed by atoms with van der Waals surface area (Å²) in [6.07, 6.45) is 1.19. The molecule has 0 radical (unpaired) electrons. The first-order chi connectivity index (χ1) is 7.22. The Balaban J connectivity index is 0.000000921. The van der Waals surface area contributed by atoms with Gasteiger partial charge in [-0.2, -0.15) is 0 Å². The number of ketones is 1. The topological polar surface area (TPSA) is 49.4 Å². The largest absolute Gasteiger partial charge is 0.355 e. The average molecular weight is 214 g/mol. The van der Waals surface area contributed by atoms with Gasteiger partial charge in [-0.05, 0) is 6.92 Å². The first-order valence-electron chi connectivity index (χ1n) is 5.73. The zero-order valence-electron chi connectivity index (χ0n) is 10.0. The van der Waals surface area contributed by atoms with E-state index in [-0.39, 0.29) is 5.91 Å². The Bertz CT molecular complexity index is 195. The molecule has 1 rings (SSSR count). The molecule has 0 aliphatic carbocycles. The Kier molecular flexibility index (Phi) is 7.91. The Morgan fingerprint density at radius 2 is 1.87 bits per heavy atom. The van der Waals surface area contributed by atoms with Gasteiger partial charge in [0, 0.05) is 32.5 Å². The first kappa shape index (κ1) is 14.1. The molecule has 15 heavy (non-hydrogen) atoms. The smallest absolute Gasteiger partial charge is 0.234 e. The molecule has 1 saturated heterocycles. The number of hydrogen-bond donors (Lipinski definition) is 1. The van der Waals surface area contributed by atoms with Gasteiger partial charge in [-0.25, -0.2) is 0 Å². The molecule has 1 N–H and O–H groups in total. The van der Waals surface area contributed by atoms with E-state index in [0.29, 0.717) is 31.7 Å². The number of carbonyl (C=O) groups is 2. The maximum absolute atomic E-state index is 11.2. The van der Waals surface area contributed by atoms with Crippen LogP contribution in [0.25, 0.3) is 0 Å². The third-order valence-corrected chi connectivity index (χ3v) is 2.15. The SMILES string of the molecule is CC.CCNC(=O)CN1CCC(=O)CC1. The molecule has 1 aliphatic rings. The standard InChI is InChI=1S/C9H16N2O2.C2H6/c1-2-10-9(13)7-11-5-3-8(12)4-6-11;1-2/h2-7H2,1H3,(H,10,13);1-2H3. The van der Waals surface area contributed by atoms with Crippen molar-refractivity contribution in [1.29, 1.82) is 0 Å². The summed E-state index contributed by atoms with van der Waals surface area (Å²) >= 11 is 0. The van der Waals surface area contributed by atoms with E-state index in [9.17, 15) is 9.59 Å². The molecular weight excluding hydrogens is 192 g/mol. The van der Waals surface area contributed by atoms with Gasteiger partial charge in [-0.1, -0.05) is 13.8 Å². The van der Waals surface area contributed by atoms with Gasteiger partial charge in [0.2, 0.25) is 5.91 Å². The molecule has 0 spiro atoms. The van der Waals surface area contributed by atoms with Gasteiger partial charge in [-0.15, -0.1) is 0 Å². The van der Waals surface area contributed by atoms with Crippen LogP contribution in [0.5, 0.6) is 0 Å². The third kappa shape index (κ3) is 6.23. The second-order valence-electron chi connectivity index (χ2n) is 3.27. The van der Waals surface area contributed by atoms with Gasteiger partial charge in [-0.3, -0.25) is 14.5 Å². The van der Waals surface area contributed by atoms with Gasteiger partial charge in [0.25, 0.3) is 0 Å². The quantitative estimate of drug-likeness (QED) is 0.756. The number of likely N-dealkylation sites (N-methyl/N-ethyl adjacent to an activating group) is 1. The maximum Gasteiger partial charge on any atom is 0.234 e.